The molecule has 0 saturated carbocycles. The van der Waals surface area contributed by atoms with Crippen molar-refractivity contribution in [2.45, 2.75) is 13.5 Å². The number of fused-ring (bicyclic) bond motifs is 2. The average Bonchev–Trinajstić information content (AvgIpc) is 3.27. The van der Waals surface area contributed by atoms with Gasteiger partial charge in [-0.1, -0.05) is 33.6 Å². The summed E-state index contributed by atoms with van der Waals surface area (Å²) in [5.41, 5.74) is 1.90. The van der Waals surface area contributed by atoms with Crippen LogP contribution in [0.5, 0.6) is 17.2 Å². The van der Waals surface area contributed by atoms with Crippen molar-refractivity contribution in [1.82, 2.24) is 9.66 Å². The third-order valence-corrected chi connectivity index (χ3v) is 5.81. The van der Waals surface area contributed by atoms with Gasteiger partial charge in [0.05, 0.1) is 17.1 Å². The maximum Gasteiger partial charge on any atom is 0.282 e. The normalized spacial score (nSPS) is 12.6. The monoisotopic (exact) mass is 525 g/mol. The van der Waals surface area contributed by atoms with Gasteiger partial charge in [-0.15, -0.1) is 0 Å². The highest BCUT2D eigenvalue weighted by Crippen LogP contribution is 2.33. The SMILES string of the molecule is Cc1nc2ccc(Br)cc2c(=O)n1N=Cc1cc(Cl)ccc1OCc1ccc2c(c1)OCO2. The fourth-order valence-corrected chi connectivity index (χ4v) is 4.00. The molecule has 5 rings (SSSR count). The first-order valence-electron chi connectivity index (χ1n) is 10.0. The largest absolute Gasteiger partial charge is 0.488 e. The smallest absolute Gasteiger partial charge is 0.282 e. The maximum atomic E-state index is 13.0. The summed E-state index contributed by atoms with van der Waals surface area (Å²) >= 11 is 9.60. The molecule has 3 aromatic carbocycles. The molecular weight excluding hydrogens is 510 g/mol. The fraction of sp³-hybridized carbons (Fsp3) is 0.125. The van der Waals surface area contributed by atoms with Crippen molar-refractivity contribution in [2.75, 3.05) is 6.79 Å². The zero-order valence-electron chi connectivity index (χ0n) is 17.4. The minimum Gasteiger partial charge on any atom is -0.488 e. The van der Waals surface area contributed by atoms with Crippen molar-refractivity contribution in [3.8, 4) is 17.2 Å². The van der Waals surface area contributed by atoms with E-state index in [-0.39, 0.29) is 12.4 Å². The van der Waals surface area contributed by atoms with E-state index in [2.05, 4.69) is 26.0 Å². The van der Waals surface area contributed by atoms with Gasteiger partial charge < -0.3 is 14.2 Å². The van der Waals surface area contributed by atoms with E-state index in [0.29, 0.717) is 45.4 Å². The number of rotatable bonds is 5. The molecule has 0 aliphatic carbocycles. The van der Waals surface area contributed by atoms with Gasteiger partial charge in [0.2, 0.25) is 6.79 Å². The number of halogens is 2. The summed E-state index contributed by atoms with van der Waals surface area (Å²) in [6, 6.07) is 16.3. The molecule has 2 heterocycles. The van der Waals surface area contributed by atoms with Crippen LogP contribution in [-0.4, -0.2) is 22.7 Å². The summed E-state index contributed by atoms with van der Waals surface area (Å²) in [5.74, 6) is 2.45. The van der Waals surface area contributed by atoms with Crippen LogP contribution in [0.2, 0.25) is 5.02 Å². The van der Waals surface area contributed by atoms with Crippen molar-refractivity contribution in [2.24, 2.45) is 5.10 Å². The minimum atomic E-state index is -0.264. The second-order valence-electron chi connectivity index (χ2n) is 7.34. The number of hydrogen-bond donors (Lipinski definition) is 0. The lowest BCUT2D eigenvalue weighted by Crippen LogP contribution is -2.20. The molecule has 0 unspecified atom stereocenters. The average molecular weight is 527 g/mol. The molecule has 4 aromatic rings. The van der Waals surface area contributed by atoms with Crippen LogP contribution in [0.15, 0.2) is 69.0 Å². The van der Waals surface area contributed by atoms with E-state index in [1.807, 2.05) is 24.3 Å². The number of aryl methyl sites for hydroxylation is 1. The Labute approximate surface area is 202 Å². The van der Waals surface area contributed by atoms with Gasteiger partial charge in [-0.3, -0.25) is 4.79 Å². The standard InChI is InChI=1S/C24H17BrClN3O4/c1-14-28-20-5-3-17(25)10-19(20)24(30)29(14)27-11-16-9-18(26)4-7-21(16)31-12-15-2-6-22-23(8-15)33-13-32-22/h2-11H,12-13H2,1H3. The molecule has 0 fully saturated rings. The lowest BCUT2D eigenvalue weighted by atomic mass is 10.2. The third kappa shape index (κ3) is 4.44. The van der Waals surface area contributed by atoms with Crippen LogP contribution < -0.4 is 19.8 Å². The van der Waals surface area contributed by atoms with E-state index in [1.165, 1.54) is 4.68 Å². The molecular formula is C24H17BrClN3O4. The van der Waals surface area contributed by atoms with Crippen LogP contribution in [0.25, 0.3) is 10.9 Å². The third-order valence-electron chi connectivity index (χ3n) is 5.09. The van der Waals surface area contributed by atoms with E-state index in [1.54, 1.807) is 43.5 Å². The maximum absolute atomic E-state index is 13.0. The van der Waals surface area contributed by atoms with Crippen LogP contribution in [0.1, 0.15) is 17.0 Å². The number of aromatic nitrogens is 2. The Bertz CT molecular complexity index is 1470. The van der Waals surface area contributed by atoms with Crippen molar-refractivity contribution >= 4 is 44.6 Å². The molecule has 0 radical (unpaired) electrons. The van der Waals surface area contributed by atoms with Crippen molar-refractivity contribution in [3.63, 3.8) is 0 Å². The minimum absolute atomic E-state index is 0.219. The van der Waals surface area contributed by atoms with Gasteiger partial charge in [0.1, 0.15) is 18.2 Å². The number of ether oxygens (including phenoxy) is 3. The van der Waals surface area contributed by atoms with Gasteiger partial charge in [0, 0.05) is 15.1 Å². The van der Waals surface area contributed by atoms with Gasteiger partial charge >= 0.3 is 0 Å². The first-order valence-corrected chi connectivity index (χ1v) is 11.2. The van der Waals surface area contributed by atoms with Crippen LogP contribution in [0, 0.1) is 6.92 Å². The Morgan fingerprint density at radius 3 is 2.88 bits per heavy atom. The molecule has 33 heavy (non-hydrogen) atoms. The topological polar surface area (TPSA) is 74.9 Å². The molecule has 0 amide bonds. The molecule has 166 valence electrons. The van der Waals surface area contributed by atoms with Crippen molar-refractivity contribution in [3.05, 3.63) is 91.4 Å². The molecule has 0 spiro atoms. The number of hydrogen-bond acceptors (Lipinski definition) is 6. The predicted octanol–water partition coefficient (Wildman–Crippen LogP) is 5.31. The lowest BCUT2D eigenvalue weighted by Gasteiger charge is -2.11. The highest BCUT2D eigenvalue weighted by molar-refractivity contribution is 9.10. The van der Waals surface area contributed by atoms with Gasteiger partial charge in [-0.05, 0) is 61.0 Å². The highest BCUT2D eigenvalue weighted by Gasteiger charge is 2.14. The second kappa shape index (κ2) is 8.88. The van der Waals surface area contributed by atoms with Crippen LogP contribution in [0.3, 0.4) is 0 Å². The molecule has 0 atom stereocenters. The van der Waals surface area contributed by atoms with Crippen molar-refractivity contribution < 1.29 is 14.2 Å². The van der Waals surface area contributed by atoms with E-state index in [9.17, 15) is 4.79 Å². The molecule has 1 aromatic heterocycles. The first kappa shape index (κ1) is 21.5. The van der Waals surface area contributed by atoms with Crippen LogP contribution >= 0.6 is 27.5 Å². The second-order valence-corrected chi connectivity index (χ2v) is 8.69. The Morgan fingerprint density at radius 2 is 2.00 bits per heavy atom. The summed E-state index contributed by atoms with van der Waals surface area (Å²) in [6.07, 6.45) is 1.54. The van der Waals surface area contributed by atoms with Gasteiger partial charge in [0.15, 0.2) is 11.5 Å². The molecule has 0 bridgehead atoms. The van der Waals surface area contributed by atoms with E-state index in [4.69, 9.17) is 25.8 Å². The first-order chi connectivity index (χ1) is 16.0. The predicted molar refractivity (Wildman–Crippen MR) is 130 cm³/mol. The van der Waals surface area contributed by atoms with Gasteiger partial charge in [-0.2, -0.15) is 9.78 Å². The molecule has 0 saturated heterocycles. The highest BCUT2D eigenvalue weighted by atomic mass is 79.9. The Balaban J connectivity index is 1.44. The van der Waals surface area contributed by atoms with E-state index < -0.39 is 0 Å². The van der Waals surface area contributed by atoms with E-state index in [0.717, 1.165) is 15.8 Å². The van der Waals surface area contributed by atoms with Gasteiger partial charge in [0.25, 0.3) is 5.56 Å². The zero-order valence-corrected chi connectivity index (χ0v) is 19.8. The Hall–Kier alpha value is -3.36. The van der Waals surface area contributed by atoms with Gasteiger partial charge in [-0.25, -0.2) is 4.98 Å². The summed E-state index contributed by atoms with van der Waals surface area (Å²) in [7, 11) is 0. The molecule has 1 aliphatic rings. The fourth-order valence-electron chi connectivity index (χ4n) is 3.46. The number of benzene rings is 3. The number of nitrogens with zero attached hydrogens (tertiary/aromatic N) is 3. The Morgan fingerprint density at radius 1 is 1.15 bits per heavy atom. The molecule has 0 N–H and O–H groups in total. The molecule has 9 heteroatoms. The van der Waals surface area contributed by atoms with Crippen LogP contribution in [-0.2, 0) is 6.61 Å². The summed E-state index contributed by atoms with van der Waals surface area (Å²) < 4.78 is 18.8. The molecule has 7 nitrogen and oxygen atoms in total. The summed E-state index contributed by atoms with van der Waals surface area (Å²) in [5, 5.41) is 5.38. The quantitative estimate of drug-likeness (QED) is 0.330. The zero-order chi connectivity index (χ0) is 22.9. The summed E-state index contributed by atoms with van der Waals surface area (Å²) in [6.45, 7) is 2.26. The van der Waals surface area contributed by atoms with Crippen LogP contribution in [0.4, 0.5) is 0 Å². The van der Waals surface area contributed by atoms with Crippen molar-refractivity contribution in [1.29, 1.82) is 0 Å². The summed E-state index contributed by atoms with van der Waals surface area (Å²) in [4.78, 5) is 17.5. The van der Waals surface area contributed by atoms with E-state index >= 15 is 0 Å². The lowest BCUT2D eigenvalue weighted by molar-refractivity contribution is 0.174. The molecule has 1 aliphatic heterocycles. The Kier molecular flexibility index (Phi) is 5.78.